The second kappa shape index (κ2) is 11.1. The summed E-state index contributed by atoms with van der Waals surface area (Å²) in [7, 11) is 1.63. The third kappa shape index (κ3) is 5.28. The number of fused-ring (bicyclic) bond motifs is 2. The van der Waals surface area contributed by atoms with Gasteiger partial charge in [0.25, 0.3) is 5.91 Å². The van der Waals surface area contributed by atoms with Crippen molar-refractivity contribution in [3.63, 3.8) is 0 Å². The average molecular weight is 500 g/mol. The number of morpholine rings is 1. The van der Waals surface area contributed by atoms with Crippen molar-refractivity contribution in [3.05, 3.63) is 54.4 Å². The first-order chi connectivity index (χ1) is 16.2. The number of nitrogens with zero attached hydrogens (tertiary/aromatic N) is 5. The Morgan fingerprint density at radius 3 is 2.71 bits per heavy atom. The molecule has 1 aliphatic rings. The smallest absolute Gasteiger partial charge is 0.280 e. The van der Waals surface area contributed by atoms with Crippen LogP contribution < -0.4 is 9.64 Å². The number of amides is 1. The SMILES string of the molecule is COc1ccc2sc(N(CCCN3CCOCC3)C(=O)c3cnc4ccccc4n3)nc2c1.Cl. The monoisotopic (exact) mass is 499 g/mol. The quantitative estimate of drug-likeness (QED) is 0.379. The van der Waals surface area contributed by atoms with Gasteiger partial charge in [0.05, 0.1) is 47.8 Å². The second-order valence-corrected chi connectivity index (χ2v) is 8.85. The predicted molar refractivity (Wildman–Crippen MR) is 137 cm³/mol. The van der Waals surface area contributed by atoms with Gasteiger partial charge in [-0.2, -0.15) is 0 Å². The molecule has 1 fully saturated rings. The van der Waals surface area contributed by atoms with Crippen molar-refractivity contribution in [1.29, 1.82) is 0 Å². The highest BCUT2D eigenvalue weighted by atomic mass is 35.5. The molecule has 178 valence electrons. The average Bonchev–Trinajstić information content (AvgIpc) is 3.29. The number of anilines is 1. The molecule has 2 aromatic heterocycles. The summed E-state index contributed by atoms with van der Waals surface area (Å²) in [5.74, 6) is 0.547. The highest BCUT2D eigenvalue weighted by Crippen LogP contribution is 2.32. The Hall–Kier alpha value is -2.85. The zero-order chi connectivity index (χ0) is 22.6. The van der Waals surface area contributed by atoms with E-state index in [1.54, 1.807) is 18.2 Å². The Morgan fingerprint density at radius 1 is 1.12 bits per heavy atom. The molecule has 5 rings (SSSR count). The van der Waals surface area contributed by atoms with Gasteiger partial charge in [0.1, 0.15) is 11.4 Å². The molecule has 0 spiro atoms. The van der Waals surface area contributed by atoms with Crippen molar-refractivity contribution in [2.24, 2.45) is 0 Å². The predicted octanol–water partition coefficient (Wildman–Crippen LogP) is 4.04. The van der Waals surface area contributed by atoms with E-state index in [4.69, 9.17) is 14.5 Å². The molecule has 0 unspecified atom stereocenters. The van der Waals surface area contributed by atoms with Gasteiger partial charge in [-0.1, -0.05) is 23.5 Å². The molecule has 4 aromatic rings. The van der Waals surface area contributed by atoms with E-state index in [0.717, 1.165) is 60.8 Å². The maximum Gasteiger partial charge on any atom is 0.280 e. The van der Waals surface area contributed by atoms with Crippen molar-refractivity contribution < 1.29 is 14.3 Å². The maximum absolute atomic E-state index is 13.6. The number of rotatable bonds is 7. The van der Waals surface area contributed by atoms with Crippen LogP contribution in [0.1, 0.15) is 16.9 Å². The van der Waals surface area contributed by atoms with E-state index in [2.05, 4.69) is 14.9 Å². The molecule has 8 nitrogen and oxygen atoms in total. The van der Waals surface area contributed by atoms with E-state index in [-0.39, 0.29) is 18.3 Å². The van der Waals surface area contributed by atoms with Crippen LogP contribution in [0.3, 0.4) is 0 Å². The third-order valence-corrected chi connectivity index (χ3v) is 6.75. The van der Waals surface area contributed by atoms with E-state index >= 15 is 0 Å². The number of thiazole rings is 1. The molecule has 0 saturated carbocycles. The number of para-hydroxylation sites is 2. The molecule has 2 aromatic carbocycles. The summed E-state index contributed by atoms with van der Waals surface area (Å²) in [6, 6.07) is 13.3. The Morgan fingerprint density at radius 2 is 1.91 bits per heavy atom. The summed E-state index contributed by atoms with van der Waals surface area (Å²) in [6.45, 7) is 4.80. The van der Waals surface area contributed by atoms with Crippen molar-refractivity contribution in [3.8, 4) is 5.75 Å². The van der Waals surface area contributed by atoms with E-state index in [1.165, 1.54) is 11.3 Å². The number of ether oxygens (including phenoxy) is 2. The van der Waals surface area contributed by atoms with Crippen molar-refractivity contribution >= 4 is 56.0 Å². The van der Waals surface area contributed by atoms with Crippen LogP contribution in [0, 0.1) is 0 Å². The topological polar surface area (TPSA) is 80.7 Å². The molecule has 0 aliphatic carbocycles. The van der Waals surface area contributed by atoms with Crippen LogP contribution >= 0.6 is 23.7 Å². The first-order valence-electron chi connectivity index (χ1n) is 11.0. The summed E-state index contributed by atoms with van der Waals surface area (Å²) in [5.41, 5.74) is 2.59. The van der Waals surface area contributed by atoms with E-state index in [1.807, 2.05) is 42.5 Å². The summed E-state index contributed by atoms with van der Waals surface area (Å²) in [6.07, 6.45) is 2.38. The number of halogens is 1. The molecule has 1 saturated heterocycles. The highest BCUT2D eigenvalue weighted by Gasteiger charge is 2.23. The summed E-state index contributed by atoms with van der Waals surface area (Å²) in [4.78, 5) is 31.5. The number of carbonyl (C=O) groups is 1. The first kappa shape index (κ1) is 24.3. The maximum atomic E-state index is 13.6. The summed E-state index contributed by atoms with van der Waals surface area (Å²) >= 11 is 1.49. The van der Waals surface area contributed by atoms with Gasteiger partial charge in [-0.15, -0.1) is 12.4 Å². The number of benzene rings is 2. The molecular weight excluding hydrogens is 474 g/mol. The molecular formula is C24H26ClN5O3S. The summed E-state index contributed by atoms with van der Waals surface area (Å²) in [5, 5.41) is 0.653. The second-order valence-electron chi connectivity index (χ2n) is 7.84. The lowest BCUT2D eigenvalue weighted by Gasteiger charge is -2.27. The third-order valence-electron chi connectivity index (χ3n) is 5.69. The van der Waals surface area contributed by atoms with Crippen LogP contribution in [-0.4, -0.2) is 72.3 Å². The van der Waals surface area contributed by atoms with Crippen LogP contribution in [0.5, 0.6) is 5.75 Å². The van der Waals surface area contributed by atoms with Gasteiger partial charge in [0, 0.05) is 32.2 Å². The van der Waals surface area contributed by atoms with E-state index in [0.29, 0.717) is 22.9 Å². The number of hydrogen-bond donors (Lipinski definition) is 0. The fourth-order valence-electron chi connectivity index (χ4n) is 3.90. The molecule has 34 heavy (non-hydrogen) atoms. The van der Waals surface area contributed by atoms with Crippen LogP contribution in [0.2, 0.25) is 0 Å². The zero-order valence-electron chi connectivity index (χ0n) is 18.8. The van der Waals surface area contributed by atoms with Crippen LogP contribution in [0.4, 0.5) is 5.13 Å². The fourth-order valence-corrected chi connectivity index (χ4v) is 4.87. The van der Waals surface area contributed by atoms with Gasteiger partial charge in [-0.25, -0.2) is 9.97 Å². The van der Waals surface area contributed by atoms with Crippen molar-refractivity contribution in [1.82, 2.24) is 19.9 Å². The lowest BCUT2D eigenvalue weighted by Crippen LogP contribution is -2.39. The minimum Gasteiger partial charge on any atom is -0.497 e. The van der Waals surface area contributed by atoms with Gasteiger partial charge in [-0.05, 0) is 30.7 Å². The van der Waals surface area contributed by atoms with Gasteiger partial charge in [0.15, 0.2) is 5.13 Å². The van der Waals surface area contributed by atoms with Crippen molar-refractivity contribution in [2.45, 2.75) is 6.42 Å². The standard InChI is InChI=1S/C24H25N5O3S.ClH/c1-31-17-7-8-22-20(15-17)27-24(33-22)29(10-4-9-28-11-13-32-14-12-28)23(30)21-16-25-18-5-2-3-6-19(18)26-21;/h2-3,5-8,15-16H,4,9-14H2,1H3;1H. The van der Waals surface area contributed by atoms with Gasteiger partial charge in [-0.3, -0.25) is 19.6 Å². The largest absolute Gasteiger partial charge is 0.497 e. The minimum atomic E-state index is -0.193. The number of methoxy groups -OCH3 is 1. The summed E-state index contributed by atoms with van der Waals surface area (Å²) < 4.78 is 11.8. The molecule has 0 N–H and O–H groups in total. The molecule has 0 radical (unpaired) electrons. The Balaban J connectivity index is 0.00000274. The lowest BCUT2D eigenvalue weighted by atomic mass is 10.2. The highest BCUT2D eigenvalue weighted by molar-refractivity contribution is 7.22. The molecule has 1 aliphatic heterocycles. The van der Waals surface area contributed by atoms with Crippen molar-refractivity contribution in [2.75, 3.05) is 51.4 Å². The lowest BCUT2D eigenvalue weighted by molar-refractivity contribution is 0.0376. The van der Waals surface area contributed by atoms with Crippen LogP contribution in [0.15, 0.2) is 48.7 Å². The van der Waals surface area contributed by atoms with Gasteiger partial charge in [0.2, 0.25) is 0 Å². The molecule has 3 heterocycles. The zero-order valence-corrected chi connectivity index (χ0v) is 20.5. The number of aromatic nitrogens is 3. The molecule has 0 atom stereocenters. The normalized spacial score (nSPS) is 14.1. The van der Waals surface area contributed by atoms with Gasteiger partial charge >= 0.3 is 0 Å². The van der Waals surface area contributed by atoms with E-state index in [9.17, 15) is 4.79 Å². The molecule has 0 bridgehead atoms. The minimum absolute atomic E-state index is 0. The molecule has 10 heteroatoms. The Labute approximate surface area is 207 Å². The fraction of sp³-hybridized carbons (Fsp3) is 0.333. The Kier molecular flexibility index (Phi) is 7.89. The number of carbonyl (C=O) groups excluding carboxylic acids is 1. The van der Waals surface area contributed by atoms with E-state index < -0.39 is 0 Å². The van der Waals surface area contributed by atoms with Gasteiger partial charge < -0.3 is 9.47 Å². The Bertz CT molecular complexity index is 1280. The number of hydrogen-bond acceptors (Lipinski definition) is 8. The van der Waals surface area contributed by atoms with Crippen LogP contribution in [0.25, 0.3) is 21.3 Å². The molecule has 1 amide bonds. The van der Waals surface area contributed by atoms with Crippen LogP contribution in [-0.2, 0) is 4.74 Å². The first-order valence-corrected chi connectivity index (χ1v) is 11.8.